The van der Waals surface area contributed by atoms with Gasteiger partial charge in [0.25, 0.3) is 0 Å². The van der Waals surface area contributed by atoms with Crippen molar-refractivity contribution < 1.29 is 9.47 Å². The van der Waals surface area contributed by atoms with Crippen LogP contribution >= 0.6 is 0 Å². The molecule has 6 heteroatoms. The number of hydrogen-bond acceptors (Lipinski definition) is 4. The van der Waals surface area contributed by atoms with E-state index in [9.17, 15) is 0 Å². The molecule has 0 aliphatic carbocycles. The highest BCUT2D eigenvalue weighted by Gasteiger charge is 2.07. The molecule has 0 fully saturated rings. The van der Waals surface area contributed by atoms with Crippen LogP contribution in [0.3, 0.4) is 0 Å². The highest BCUT2D eigenvalue weighted by molar-refractivity contribution is 5.79. The van der Waals surface area contributed by atoms with E-state index in [1.807, 2.05) is 50.1 Å². The monoisotopic (exact) mass is 280 g/mol. The van der Waals surface area contributed by atoms with Crippen LogP contribution in [0.25, 0.3) is 0 Å². The van der Waals surface area contributed by atoms with Crippen LogP contribution in [0.1, 0.15) is 5.56 Å². The van der Waals surface area contributed by atoms with Crippen molar-refractivity contribution >= 4 is 5.96 Å². The molecule has 0 saturated heterocycles. The van der Waals surface area contributed by atoms with Crippen LogP contribution in [0.4, 0.5) is 0 Å². The van der Waals surface area contributed by atoms with Crippen molar-refractivity contribution in [2.45, 2.75) is 6.54 Å². The summed E-state index contributed by atoms with van der Waals surface area (Å²) in [4.78, 5) is 12.8. The Morgan fingerprint density at radius 2 is 1.90 bits per heavy atom. The Balaban J connectivity index is 2.78. The fraction of sp³-hybridized carbons (Fsp3) is 0.571. The molecule has 0 unspecified atom stereocenters. The summed E-state index contributed by atoms with van der Waals surface area (Å²) in [5.41, 5.74) is 0.963. The number of hydrogen-bond donors (Lipinski definition) is 0. The molecule has 1 rings (SSSR count). The van der Waals surface area contributed by atoms with Gasteiger partial charge in [-0.1, -0.05) is 6.07 Å². The van der Waals surface area contributed by atoms with Gasteiger partial charge < -0.3 is 19.3 Å². The molecule has 112 valence electrons. The molecule has 0 bridgehead atoms. The Morgan fingerprint density at radius 1 is 1.20 bits per heavy atom. The number of pyridine rings is 1. The second-order valence-corrected chi connectivity index (χ2v) is 4.71. The van der Waals surface area contributed by atoms with Crippen molar-refractivity contribution in [3.05, 3.63) is 23.9 Å². The largest absolute Gasteiger partial charge is 0.475 e. The zero-order valence-electron chi connectivity index (χ0n) is 13.0. The van der Waals surface area contributed by atoms with E-state index in [0.717, 1.165) is 11.5 Å². The summed E-state index contributed by atoms with van der Waals surface area (Å²) in [7, 11) is 9.53. The molecule has 20 heavy (non-hydrogen) atoms. The first-order valence-corrected chi connectivity index (χ1v) is 6.51. The molecule has 0 spiro atoms. The van der Waals surface area contributed by atoms with Crippen LogP contribution in [0.5, 0.6) is 5.88 Å². The Hall–Kier alpha value is -1.82. The third-order valence-electron chi connectivity index (χ3n) is 2.57. The molecule has 1 aromatic rings. The maximum atomic E-state index is 5.60. The SMILES string of the molecule is COCCOc1ncccc1CN=C(N(C)C)N(C)C. The zero-order chi connectivity index (χ0) is 15.0. The first kappa shape index (κ1) is 16.2. The molecule has 0 N–H and O–H groups in total. The Morgan fingerprint density at radius 3 is 2.50 bits per heavy atom. The molecular formula is C14H24N4O2. The van der Waals surface area contributed by atoms with Crippen LogP contribution in [-0.2, 0) is 11.3 Å². The molecule has 0 aliphatic rings. The summed E-state index contributed by atoms with van der Waals surface area (Å²) >= 11 is 0. The van der Waals surface area contributed by atoms with Gasteiger partial charge in [0, 0.05) is 47.1 Å². The maximum Gasteiger partial charge on any atom is 0.218 e. The van der Waals surface area contributed by atoms with E-state index in [0.29, 0.717) is 25.6 Å². The lowest BCUT2D eigenvalue weighted by atomic mass is 10.3. The quantitative estimate of drug-likeness (QED) is 0.443. The number of rotatable bonds is 6. The second-order valence-electron chi connectivity index (χ2n) is 4.71. The summed E-state index contributed by atoms with van der Waals surface area (Å²) in [6.07, 6.45) is 1.72. The van der Waals surface area contributed by atoms with Gasteiger partial charge in [-0.05, 0) is 6.07 Å². The summed E-state index contributed by atoms with van der Waals surface area (Å²) < 4.78 is 10.6. The van der Waals surface area contributed by atoms with E-state index < -0.39 is 0 Å². The Labute approximate surface area is 121 Å². The number of aromatic nitrogens is 1. The van der Waals surface area contributed by atoms with Crippen molar-refractivity contribution in [2.75, 3.05) is 48.5 Å². The predicted octanol–water partition coefficient (Wildman–Crippen LogP) is 1.09. The molecule has 1 aromatic heterocycles. The first-order chi connectivity index (χ1) is 9.56. The number of methoxy groups -OCH3 is 1. The van der Waals surface area contributed by atoms with Gasteiger partial charge in [-0.15, -0.1) is 0 Å². The topological polar surface area (TPSA) is 50.2 Å². The fourth-order valence-electron chi connectivity index (χ4n) is 1.73. The standard InChI is InChI=1S/C14H24N4O2/c1-17(2)14(18(3)4)16-11-12-7-6-8-15-13(12)20-10-9-19-5/h6-8H,9-11H2,1-5H3. The molecular weight excluding hydrogens is 256 g/mol. The zero-order valence-corrected chi connectivity index (χ0v) is 13.0. The van der Waals surface area contributed by atoms with E-state index in [4.69, 9.17) is 9.47 Å². The van der Waals surface area contributed by atoms with Gasteiger partial charge in [0.2, 0.25) is 5.88 Å². The molecule has 0 amide bonds. The molecule has 0 aliphatic heterocycles. The van der Waals surface area contributed by atoms with Crippen molar-refractivity contribution in [1.82, 2.24) is 14.8 Å². The van der Waals surface area contributed by atoms with Gasteiger partial charge in [0.1, 0.15) is 6.61 Å². The van der Waals surface area contributed by atoms with Crippen molar-refractivity contribution in [2.24, 2.45) is 4.99 Å². The average Bonchev–Trinajstić information content (AvgIpc) is 2.40. The minimum Gasteiger partial charge on any atom is -0.475 e. The van der Waals surface area contributed by atoms with Crippen LogP contribution < -0.4 is 4.74 Å². The van der Waals surface area contributed by atoms with Crippen molar-refractivity contribution in [1.29, 1.82) is 0 Å². The summed E-state index contributed by atoms with van der Waals surface area (Å²) in [6, 6.07) is 3.86. The normalized spacial score (nSPS) is 10.1. The average molecular weight is 280 g/mol. The lowest BCUT2D eigenvalue weighted by molar-refractivity contribution is 0.143. The first-order valence-electron chi connectivity index (χ1n) is 6.51. The minimum absolute atomic E-state index is 0.485. The van der Waals surface area contributed by atoms with E-state index in [-0.39, 0.29) is 0 Å². The van der Waals surface area contributed by atoms with Gasteiger partial charge in [-0.3, -0.25) is 0 Å². The highest BCUT2D eigenvalue weighted by atomic mass is 16.5. The van der Waals surface area contributed by atoms with Gasteiger partial charge in [0.05, 0.1) is 13.2 Å². The number of aliphatic imine (C=N–C) groups is 1. The van der Waals surface area contributed by atoms with Crippen LogP contribution in [0.15, 0.2) is 23.3 Å². The van der Waals surface area contributed by atoms with Crippen LogP contribution in [0.2, 0.25) is 0 Å². The molecule has 1 heterocycles. The Kier molecular flexibility index (Phi) is 6.79. The molecule has 0 atom stereocenters. The van der Waals surface area contributed by atoms with Crippen LogP contribution in [0, 0.1) is 0 Å². The molecule has 6 nitrogen and oxygen atoms in total. The lowest BCUT2D eigenvalue weighted by Crippen LogP contribution is -2.35. The molecule has 0 saturated carbocycles. The van der Waals surface area contributed by atoms with E-state index in [2.05, 4.69) is 9.98 Å². The van der Waals surface area contributed by atoms with E-state index >= 15 is 0 Å². The fourth-order valence-corrected chi connectivity index (χ4v) is 1.73. The number of nitrogens with zero attached hydrogens (tertiary/aromatic N) is 4. The third kappa shape index (κ3) is 5.05. The minimum atomic E-state index is 0.485. The smallest absolute Gasteiger partial charge is 0.218 e. The lowest BCUT2D eigenvalue weighted by Gasteiger charge is -2.22. The summed E-state index contributed by atoms with van der Waals surface area (Å²) in [5, 5.41) is 0. The second kappa shape index (κ2) is 8.37. The van der Waals surface area contributed by atoms with Gasteiger partial charge in [-0.25, -0.2) is 9.98 Å². The number of guanidine groups is 1. The summed E-state index contributed by atoms with van der Waals surface area (Å²) in [6.45, 7) is 1.56. The predicted molar refractivity (Wildman–Crippen MR) is 80.1 cm³/mol. The highest BCUT2D eigenvalue weighted by Crippen LogP contribution is 2.15. The third-order valence-corrected chi connectivity index (χ3v) is 2.57. The van der Waals surface area contributed by atoms with Crippen molar-refractivity contribution in [3.8, 4) is 5.88 Å². The van der Waals surface area contributed by atoms with Gasteiger partial charge >= 0.3 is 0 Å². The van der Waals surface area contributed by atoms with E-state index in [1.54, 1.807) is 13.3 Å². The van der Waals surface area contributed by atoms with Crippen molar-refractivity contribution in [3.63, 3.8) is 0 Å². The Bertz CT molecular complexity index is 423. The van der Waals surface area contributed by atoms with Gasteiger partial charge in [-0.2, -0.15) is 0 Å². The molecule has 0 aromatic carbocycles. The van der Waals surface area contributed by atoms with E-state index in [1.165, 1.54) is 0 Å². The maximum absolute atomic E-state index is 5.60. The van der Waals surface area contributed by atoms with Gasteiger partial charge in [0.15, 0.2) is 5.96 Å². The van der Waals surface area contributed by atoms with Crippen LogP contribution in [-0.4, -0.2) is 69.3 Å². The summed E-state index contributed by atoms with van der Waals surface area (Å²) in [5.74, 6) is 1.52. The number of ether oxygens (including phenoxy) is 2. The molecule has 0 radical (unpaired) electrons.